The van der Waals surface area contributed by atoms with Crippen LogP contribution < -0.4 is 9.62 Å². The van der Waals surface area contributed by atoms with E-state index in [1.807, 2.05) is 13.2 Å². The first-order valence-electron chi connectivity index (χ1n) is 14.3. The Morgan fingerprint density at radius 1 is 0.953 bits per heavy atom. The number of aryl methyl sites for hydroxylation is 1. The van der Waals surface area contributed by atoms with Gasteiger partial charge in [-0.3, -0.25) is 13.9 Å². The molecule has 1 aliphatic carbocycles. The fourth-order valence-corrected chi connectivity index (χ4v) is 7.46. The minimum atomic E-state index is -4.15. The van der Waals surface area contributed by atoms with Gasteiger partial charge in [-0.25, -0.2) is 8.42 Å². The summed E-state index contributed by atoms with van der Waals surface area (Å²) < 4.78 is 29.2. The van der Waals surface area contributed by atoms with E-state index in [1.165, 1.54) is 28.8 Å². The second-order valence-electron chi connectivity index (χ2n) is 10.8. The van der Waals surface area contributed by atoms with Crippen LogP contribution in [-0.4, -0.2) is 50.0 Å². The highest BCUT2D eigenvalue weighted by molar-refractivity contribution is 7.98. The third-order valence-corrected chi connectivity index (χ3v) is 11.0. The van der Waals surface area contributed by atoms with Crippen LogP contribution in [-0.2, 0) is 26.2 Å². The van der Waals surface area contributed by atoms with Crippen LogP contribution in [0.15, 0.2) is 76.5 Å². The number of sulfonamides is 1. The van der Waals surface area contributed by atoms with E-state index in [0.717, 1.165) is 46.9 Å². The second-order valence-corrected chi connectivity index (χ2v) is 14.3. The van der Waals surface area contributed by atoms with Gasteiger partial charge in [0.25, 0.3) is 10.0 Å². The van der Waals surface area contributed by atoms with Crippen LogP contribution in [0.2, 0.25) is 10.0 Å². The van der Waals surface area contributed by atoms with Gasteiger partial charge >= 0.3 is 0 Å². The molecular weight excluding hydrogens is 625 g/mol. The molecule has 1 saturated carbocycles. The molecule has 1 N–H and O–H groups in total. The van der Waals surface area contributed by atoms with Crippen molar-refractivity contribution >= 4 is 62.5 Å². The quantitative estimate of drug-likeness (QED) is 0.222. The molecule has 3 aromatic carbocycles. The standard InChI is InChI=1S/C32H37Cl2N3O4S2/c1-22-12-14-25(15-13-22)37(43(40,41)27-18-16-26(42-3)17-19-27)21-31(38)36(20-28-29(33)10-7-11-30(28)34)23(2)32(39)35-24-8-5-4-6-9-24/h7,10-19,23-24H,4-6,8-9,20-21H2,1-3H3,(H,35,39)/t23-/m1/s1. The molecule has 0 saturated heterocycles. The minimum absolute atomic E-state index is 0.0400. The Morgan fingerprint density at radius 3 is 2.14 bits per heavy atom. The van der Waals surface area contributed by atoms with Crippen molar-refractivity contribution in [2.45, 2.75) is 74.4 Å². The van der Waals surface area contributed by atoms with Gasteiger partial charge in [-0.05, 0) is 81.5 Å². The van der Waals surface area contributed by atoms with Gasteiger partial charge in [-0.1, -0.05) is 66.2 Å². The minimum Gasteiger partial charge on any atom is -0.352 e. The van der Waals surface area contributed by atoms with Gasteiger partial charge in [0, 0.05) is 33.1 Å². The summed E-state index contributed by atoms with van der Waals surface area (Å²) >= 11 is 14.5. The number of rotatable bonds is 11. The first kappa shape index (κ1) is 33.2. The van der Waals surface area contributed by atoms with E-state index in [1.54, 1.807) is 61.5 Å². The molecule has 4 rings (SSSR count). The third kappa shape index (κ3) is 8.26. The normalized spacial score (nSPS) is 14.6. The SMILES string of the molecule is CSc1ccc(S(=O)(=O)N(CC(=O)N(Cc2c(Cl)cccc2Cl)[C@H](C)C(=O)NC2CCCCC2)c2ccc(C)cc2)cc1. The van der Waals surface area contributed by atoms with Crippen molar-refractivity contribution in [1.82, 2.24) is 10.2 Å². The number of hydrogen-bond acceptors (Lipinski definition) is 5. The zero-order valence-corrected chi connectivity index (χ0v) is 27.7. The molecule has 0 bridgehead atoms. The number of benzene rings is 3. The maximum Gasteiger partial charge on any atom is 0.264 e. The zero-order valence-electron chi connectivity index (χ0n) is 24.6. The van der Waals surface area contributed by atoms with Gasteiger partial charge in [0.05, 0.1) is 10.6 Å². The highest BCUT2D eigenvalue weighted by Crippen LogP contribution is 2.29. The molecule has 11 heteroatoms. The van der Waals surface area contributed by atoms with Crippen LogP contribution in [0.25, 0.3) is 0 Å². The van der Waals surface area contributed by atoms with E-state index < -0.39 is 28.5 Å². The smallest absolute Gasteiger partial charge is 0.264 e. The Kier molecular flexibility index (Phi) is 11.5. The molecule has 0 radical (unpaired) electrons. The van der Waals surface area contributed by atoms with Crippen LogP contribution >= 0.6 is 35.0 Å². The number of carbonyl (C=O) groups is 2. The zero-order chi connectivity index (χ0) is 31.1. The molecule has 230 valence electrons. The Balaban J connectivity index is 1.70. The van der Waals surface area contributed by atoms with Crippen molar-refractivity contribution in [2.24, 2.45) is 0 Å². The van der Waals surface area contributed by atoms with Crippen LogP contribution in [0.3, 0.4) is 0 Å². The fraction of sp³-hybridized carbons (Fsp3) is 0.375. The molecule has 1 fully saturated rings. The molecule has 0 spiro atoms. The fourth-order valence-electron chi connectivity index (χ4n) is 5.12. The lowest BCUT2D eigenvalue weighted by Crippen LogP contribution is -2.53. The summed E-state index contributed by atoms with van der Waals surface area (Å²) in [4.78, 5) is 30.0. The van der Waals surface area contributed by atoms with E-state index in [2.05, 4.69) is 5.32 Å². The number of carbonyl (C=O) groups excluding carboxylic acids is 2. The molecule has 0 aromatic heterocycles. The summed E-state index contributed by atoms with van der Waals surface area (Å²) in [6.45, 7) is 2.95. The number of amides is 2. The van der Waals surface area contributed by atoms with Gasteiger partial charge in [-0.2, -0.15) is 0 Å². The Bertz CT molecular complexity index is 1510. The largest absolute Gasteiger partial charge is 0.352 e. The molecule has 1 atom stereocenters. The number of nitrogens with zero attached hydrogens (tertiary/aromatic N) is 2. The maximum absolute atomic E-state index is 14.2. The monoisotopic (exact) mass is 661 g/mol. The number of thioether (sulfide) groups is 1. The number of anilines is 1. The van der Waals surface area contributed by atoms with Crippen LogP contribution in [0, 0.1) is 6.92 Å². The van der Waals surface area contributed by atoms with E-state index in [-0.39, 0.29) is 23.4 Å². The summed E-state index contributed by atoms with van der Waals surface area (Å²) in [5, 5.41) is 3.79. The van der Waals surface area contributed by atoms with E-state index >= 15 is 0 Å². The van der Waals surface area contributed by atoms with Crippen molar-refractivity contribution in [2.75, 3.05) is 17.1 Å². The average molecular weight is 663 g/mol. The summed E-state index contributed by atoms with van der Waals surface area (Å²) in [5.74, 6) is -0.868. The topological polar surface area (TPSA) is 86.8 Å². The van der Waals surface area contributed by atoms with Crippen molar-refractivity contribution in [3.8, 4) is 0 Å². The van der Waals surface area contributed by atoms with E-state index in [0.29, 0.717) is 21.3 Å². The van der Waals surface area contributed by atoms with Crippen molar-refractivity contribution < 1.29 is 18.0 Å². The predicted molar refractivity (Wildman–Crippen MR) is 175 cm³/mol. The highest BCUT2D eigenvalue weighted by atomic mass is 35.5. The number of hydrogen-bond donors (Lipinski definition) is 1. The van der Waals surface area contributed by atoms with Gasteiger partial charge in [0.2, 0.25) is 11.8 Å². The molecule has 0 unspecified atom stereocenters. The van der Waals surface area contributed by atoms with E-state index in [4.69, 9.17) is 23.2 Å². The predicted octanol–water partition coefficient (Wildman–Crippen LogP) is 7.09. The summed E-state index contributed by atoms with van der Waals surface area (Å²) in [6, 6.07) is 17.6. The van der Waals surface area contributed by atoms with Crippen LogP contribution in [0.1, 0.15) is 50.2 Å². The van der Waals surface area contributed by atoms with E-state index in [9.17, 15) is 18.0 Å². The Morgan fingerprint density at radius 2 is 1.56 bits per heavy atom. The molecule has 43 heavy (non-hydrogen) atoms. The van der Waals surface area contributed by atoms with Gasteiger partial charge in [-0.15, -0.1) is 11.8 Å². The molecule has 1 aliphatic rings. The molecular formula is C32H37Cl2N3O4S2. The molecule has 2 amide bonds. The van der Waals surface area contributed by atoms with Crippen molar-refractivity contribution in [3.05, 3.63) is 87.9 Å². The summed E-state index contributed by atoms with van der Waals surface area (Å²) in [6.07, 6.45) is 6.90. The Labute approximate surface area is 269 Å². The number of halogens is 2. The Hall–Kier alpha value is -2.72. The lowest BCUT2D eigenvalue weighted by atomic mass is 9.95. The average Bonchev–Trinajstić information content (AvgIpc) is 3.00. The maximum atomic E-state index is 14.2. The lowest BCUT2D eigenvalue weighted by molar-refractivity contribution is -0.139. The third-order valence-electron chi connectivity index (χ3n) is 7.76. The van der Waals surface area contributed by atoms with Gasteiger partial charge in [0.15, 0.2) is 0 Å². The first-order valence-corrected chi connectivity index (χ1v) is 17.7. The van der Waals surface area contributed by atoms with Crippen LogP contribution in [0.5, 0.6) is 0 Å². The summed E-state index contributed by atoms with van der Waals surface area (Å²) in [5.41, 5.74) is 1.76. The van der Waals surface area contributed by atoms with Gasteiger partial charge in [0.1, 0.15) is 12.6 Å². The van der Waals surface area contributed by atoms with Crippen molar-refractivity contribution in [3.63, 3.8) is 0 Å². The lowest BCUT2D eigenvalue weighted by Gasteiger charge is -2.33. The molecule has 0 heterocycles. The first-order chi connectivity index (χ1) is 20.5. The summed E-state index contributed by atoms with van der Waals surface area (Å²) in [7, 11) is -4.15. The number of nitrogens with one attached hydrogen (secondary N) is 1. The van der Waals surface area contributed by atoms with Crippen LogP contribution in [0.4, 0.5) is 5.69 Å². The van der Waals surface area contributed by atoms with Gasteiger partial charge < -0.3 is 10.2 Å². The second kappa shape index (κ2) is 14.8. The molecule has 7 nitrogen and oxygen atoms in total. The highest BCUT2D eigenvalue weighted by Gasteiger charge is 2.34. The van der Waals surface area contributed by atoms with Crippen molar-refractivity contribution in [1.29, 1.82) is 0 Å². The molecule has 0 aliphatic heterocycles. The molecule has 3 aromatic rings.